The number of hydrogen-bond donors (Lipinski definition) is 0. The van der Waals surface area contributed by atoms with Gasteiger partial charge >= 0.3 is 0 Å². The lowest BCUT2D eigenvalue weighted by atomic mass is 9.83. The Labute approximate surface area is 115 Å². The second-order valence-corrected chi connectivity index (χ2v) is 9.60. The third kappa shape index (κ3) is 3.18. The fourth-order valence-corrected chi connectivity index (χ4v) is 6.79. The van der Waals surface area contributed by atoms with Crippen molar-refractivity contribution in [3.05, 3.63) is 0 Å². The van der Waals surface area contributed by atoms with E-state index in [4.69, 9.17) is 6.42 Å². The van der Waals surface area contributed by atoms with Crippen LogP contribution in [-0.4, -0.2) is 15.6 Å². The van der Waals surface area contributed by atoms with Crippen LogP contribution in [0.2, 0.25) is 0 Å². The van der Waals surface area contributed by atoms with Crippen molar-refractivity contribution in [2.45, 2.75) is 50.5 Å². The van der Waals surface area contributed by atoms with Crippen LogP contribution in [0, 0.1) is 29.6 Å². The van der Waals surface area contributed by atoms with Crippen LogP contribution in [0.25, 0.3) is 0 Å². The van der Waals surface area contributed by atoms with E-state index in [-0.39, 0.29) is 0 Å². The zero-order chi connectivity index (χ0) is 12.5. The highest BCUT2D eigenvalue weighted by molar-refractivity contribution is 8.18. The molecule has 2 aliphatic rings. The Morgan fingerprint density at radius 3 is 2.06 bits per heavy atom. The molecule has 2 heteroatoms. The largest absolute Gasteiger partial charge is 0.144 e. The van der Waals surface area contributed by atoms with Crippen LogP contribution < -0.4 is 0 Å². The molecule has 96 valence electrons. The van der Waals surface area contributed by atoms with Gasteiger partial charge in [-0.3, -0.25) is 0 Å². The Morgan fingerprint density at radius 1 is 1.12 bits per heavy atom. The predicted octanol–water partition coefficient (Wildman–Crippen LogP) is 4.65. The van der Waals surface area contributed by atoms with Gasteiger partial charge in [-0.1, -0.05) is 20.8 Å². The standard InChI is InChI=1S/C15H24S2/c1-5-12-6-8-15(9-7-12)16-10-13(11-17-15)14(2,3)4/h1,12-13H,6-11H2,2-4H3. The summed E-state index contributed by atoms with van der Waals surface area (Å²) in [7, 11) is 0. The van der Waals surface area contributed by atoms with E-state index in [1.807, 2.05) is 0 Å². The maximum absolute atomic E-state index is 5.54. The molecule has 1 aliphatic heterocycles. The first kappa shape index (κ1) is 13.7. The molecule has 2 rings (SSSR count). The van der Waals surface area contributed by atoms with Crippen LogP contribution in [0.5, 0.6) is 0 Å². The number of thioether (sulfide) groups is 2. The zero-order valence-electron chi connectivity index (χ0n) is 11.3. The molecule has 0 nitrogen and oxygen atoms in total. The normalized spacial score (nSPS) is 38.9. The van der Waals surface area contributed by atoms with E-state index in [1.54, 1.807) is 0 Å². The highest BCUT2D eigenvalue weighted by atomic mass is 32.2. The summed E-state index contributed by atoms with van der Waals surface area (Å²) in [6, 6.07) is 0. The van der Waals surface area contributed by atoms with Gasteiger partial charge in [0, 0.05) is 5.92 Å². The Morgan fingerprint density at radius 2 is 1.65 bits per heavy atom. The van der Waals surface area contributed by atoms with Crippen molar-refractivity contribution in [1.82, 2.24) is 0 Å². The predicted molar refractivity (Wildman–Crippen MR) is 81.4 cm³/mol. The summed E-state index contributed by atoms with van der Waals surface area (Å²) in [5, 5.41) is 0. The molecule has 1 saturated carbocycles. The lowest BCUT2D eigenvalue weighted by Gasteiger charge is -2.45. The van der Waals surface area contributed by atoms with Crippen LogP contribution in [0.1, 0.15) is 46.5 Å². The highest BCUT2D eigenvalue weighted by Crippen LogP contribution is 2.55. The molecule has 0 aromatic carbocycles. The number of hydrogen-bond acceptors (Lipinski definition) is 2. The number of rotatable bonds is 0. The molecule has 17 heavy (non-hydrogen) atoms. The monoisotopic (exact) mass is 268 g/mol. The van der Waals surface area contributed by atoms with Gasteiger partial charge in [-0.15, -0.1) is 35.9 Å². The second-order valence-electron chi connectivity index (χ2n) is 6.54. The van der Waals surface area contributed by atoms with Gasteiger partial charge in [-0.05, 0) is 48.5 Å². The summed E-state index contributed by atoms with van der Waals surface area (Å²) >= 11 is 4.46. The Hall–Kier alpha value is 0.260. The van der Waals surface area contributed by atoms with Crippen LogP contribution >= 0.6 is 23.5 Å². The molecular formula is C15H24S2. The van der Waals surface area contributed by atoms with E-state index in [2.05, 4.69) is 50.2 Å². The summed E-state index contributed by atoms with van der Waals surface area (Å²) in [5.74, 6) is 7.06. The summed E-state index contributed by atoms with van der Waals surface area (Å²) in [5.41, 5.74) is 0.470. The maximum atomic E-state index is 5.54. The Kier molecular flexibility index (Phi) is 4.10. The van der Waals surface area contributed by atoms with Crippen LogP contribution in [0.15, 0.2) is 0 Å². The van der Waals surface area contributed by atoms with E-state index in [1.165, 1.54) is 37.2 Å². The number of terminal acetylenes is 1. The fourth-order valence-electron chi connectivity index (χ4n) is 2.61. The molecule has 1 heterocycles. The van der Waals surface area contributed by atoms with E-state index in [0.717, 1.165) is 5.92 Å². The van der Waals surface area contributed by atoms with Crippen molar-refractivity contribution in [2.24, 2.45) is 17.3 Å². The van der Waals surface area contributed by atoms with Gasteiger partial charge in [0.05, 0.1) is 4.08 Å². The van der Waals surface area contributed by atoms with Gasteiger partial charge in [-0.2, -0.15) is 0 Å². The first-order chi connectivity index (χ1) is 7.95. The average Bonchev–Trinajstić information content (AvgIpc) is 2.29. The molecule has 1 aliphatic carbocycles. The van der Waals surface area contributed by atoms with Gasteiger partial charge in [0.25, 0.3) is 0 Å². The first-order valence-electron chi connectivity index (χ1n) is 6.69. The molecular weight excluding hydrogens is 244 g/mol. The van der Waals surface area contributed by atoms with E-state index in [9.17, 15) is 0 Å². The van der Waals surface area contributed by atoms with Crippen molar-refractivity contribution in [2.75, 3.05) is 11.5 Å². The quantitative estimate of drug-likeness (QED) is 0.587. The van der Waals surface area contributed by atoms with Crippen LogP contribution in [-0.2, 0) is 0 Å². The smallest absolute Gasteiger partial charge is 0.0612 e. The molecule has 2 fully saturated rings. The second kappa shape index (κ2) is 5.10. The van der Waals surface area contributed by atoms with Gasteiger partial charge < -0.3 is 0 Å². The molecule has 0 aromatic heterocycles. The van der Waals surface area contributed by atoms with Gasteiger partial charge in [0.2, 0.25) is 0 Å². The summed E-state index contributed by atoms with van der Waals surface area (Å²) in [6.07, 6.45) is 10.7. The molecule has 1 saturated heterocycles. The molecule has 0 aromatic rings. The van der Waals surface area contributed by atoms with E-state index >= 15 is 0 Å². The van der Waals surface area contributed by atoms with Crippen LogP contribution in [0.4, 0.5) is 0 Å². The first-order valence-corrected chi connectivity index (χ1v) is 8.66. The maximum Gasteiger partial charge on any atom is 0.0612 e. The summed E-state index contributed by atoms with van der Waals surface area (Å²) < 4.78 is 0.523. The van der Waals surface area contributed by atoms with E-state index < -0.39 is 0 Å². The fraction of sp³-hybridized carbons (Fsp3) is 0.867. The van der Waals surface area contributed by atoms with Gasteiger partial charge in [0.1, 0.15) is 0 Å². The van der Waals surface area contributed by atoms with Crippen molar-refractivity contribution in [3.63, 3.8) is 0 Å². The third-order valence-corrected chi connectivity index (χ3v) is 8.02. The van der Waals surface area contributed by atoms with Crippen molar-refractivity contribution < 1.29 is 0 Å². The molecule has 1 spiro atoms. The molecule has 0 radical (unpaired) electrons. The van der Waals surface area contributed by atoms with Gasteiger partial charge in [0.15, 0.2) is 0 Å². The Bertz CT molecular complexity index is 290. The lowest BCUT2D eigenvalue weighted by Crippen LogP contribution is -2.37. The minimum atomic E-state index is 0.470. The minimum Gasteiger partial charge on any atom is -0.144 e. The topological polar surface area (TPSA) is 0 Å². The molecule has 0 amide bonds. The molecule has 0 unspecified atom stereocenters. The lowest BCUT2D eigenvalue weighted by molar-refractivity contribution is 0.289. The van der Waals surface area contributed by atoms with Crippen molar-refractivity contribution in [1.29, 1.82) is 0 Å². The third-order valence-electron chi connectivity index (χ3n) is 4.30. The Balaban J connectivity index is 1.89. The summed E-state index contributed by atoms with van der Waals surface area (Å²) in [6.45, 7) is 7.14. The molecule has 0 bridgehead atoms. The van der Waals surface area contributed by atoms with Gasteiger partial charge in [-0.25, -0.2) is 0 Å². The highest BCUT2D eigenvalue weighted by Gasteiger charge is 2.41. The molecule has 0 N–H and O–H groups in total. The zero-order valence-corrected chi connectivity index (χ0v) is 12.9. The van der Waals surface area contributed by atoms with Crippen molar-refractivity contribution >= 4 is 23.5 Å². The van der Waals surface area contributed by atoms with E-state index in [0.29, 0.717) is 15.4 Å². The summed E-state index contributed by atoms with van der Waals surface area (Å²) in [4.78, 5) is 0. The average molecular weight is 268 g/mol. The molecule has 0 atom stereocenters. The van der Waals surface area contributed by atoms with Crippen LogP contribution in [0.3, 0.4) is 0 Å². The minimum absolute atomic E-state index is 0.470. The SMILES string of the molecule is C#CC1CCC2(CC1)SCC(C(C)(C)C)CS2. The van der Waals surface area contributed by atoms with Crippen molar-refractivity contribution in [3.8, 4) is 12.3 Å².